The third kappa shape index (κ3) is 3.95. The van der Waals surface area contributed by atoms with Crippen LogP contribution in [0.15, 0.2) is 24.3 Å². The molecule has 1 saturated heterocycles. The molecule has 0 unspecified atom stereocenters. The van der Waals surface area contributed by atoms with Gasteiger partial charge >= 0.3 is 12.1 Å². The minimum absolute atomic E-state index is 0.00145. The first kappa shape index (κ1) is 19.2. The molecule has 25 heavy (non-hydrogen) atoms. The van der Waals surface area contributed by atoms with Gasteiger partial charge in [0.25, 0.3) is 0 Å². The predicted molar refractivity (Wildman–Crippen MR) is 92.8 cm³/mol. The van der Waals surface area contributed by atoms with E-state index in [1.54, 1.807) is 45.0 Å². The Bertz CT molecular complexity index is 694. The minimum atomic E-state index is -1.16. The van der Waals surface area contributed by atoms with E-state index in [1.807, 2.05) is 0 Å². The second-order valence-electron chi connectivity index (χ2n) is 7.31. The molecule has 1 aromatic carbocycles. The lowest BCUT2D eigenvalue weighted by molar-refractivity contribution is -0.142. The number of rotatable bonds is 3. The van der Waals surface area contributed by atoms with E-state index in [-0.39, 0.29) is 18.7 Å². The van der Waals surface area contributed by atoms with Gasteiger partial charge in [0, 0.05) is 11.6 Å². The molecule has 7 heteroatoms. The molecule has 0 aromatic heterocycles. The van der Waals surface area contributed by atoms with E-state index in [0.29, 0.717) is 10.6 Å². The molecule has 1 aromatic rings. The van der Waals surface area contributed by atoms with Crippen molar-refractivity contribution in [3.05, 3.63) is 34.9 Å². The van der Waals surface area contributed by atoms with E-state index < -0.39 is 29.1 Å². The molecule has 1 amide bonds. The molecule has 1 fully saturated rings. The highest BCUT2D eigenvalue weighted by molar-refractivity contribution is 6.30. The van der Waals surface area contributed by atoms with Gasteiger partial charge < -0.3 is 9.84 Å². The van der Waals surface area contributed by atoms with Crippen molar-refractivity contribution < 1.29 is 24.2 Å². The maximum absolute atomic E-state index is 12.5. The summed E-state index contributed by atoms with van der Waals surface area (Å²) in [5, 5.41) is 10.1. The van der Waals surface area contributed by atoms with Crippen LogP contribution in [0.1, 0.15) is 39.7 Å². The third-order valence-electron chi connectivity index (χ3n) is 4.34. The second kappa shape index (κ2) is 6.67. The average Bonchev–Trinajstić information content (AvgIpc) is 2.88. The minimum Gasteiger partial charge on any atom is -0.480 e. The highest BCUT2D eigenvalue weighted by atomic mass is 35.5. The SMILES string of the molecule is CC(=O)[C@@]1(c2ccc(Cl)cc2)C[C@@H](C(=O)O)N(C(=O)OC(C)(C)C)C1. The topological polar surface area (TPSA) is 83.9 Å². The normalized spacial score (nSPS) is 23.4. The highest BCUT2D eigenvalue weighted by Crippen LogP contribution is 2.40. The number of likely N-dealkylation sites (tertiary alicyclic amines) is 1. The number of hydrogen-bond acceptors (Lipinski definition) is 4. The molecule has 1 aliphatic rings. The quantitative estimate of drug-likeness (QED) is 0.886. The summed E-state index contributed by atoms with van der Waals surface area (Å²) in [7, 11) is 0. The third-order valence-corrected chi connectivity index (χ3v) is 4.59. The lowest BCUT2D eigenvalue weighted by Crippen LogP contribution is -2.44. The van der Waals surface area contributed by atoms with Crippen molar-refractivity contribution in [2.75, 3.05) is 6.54 Å². The number of aliphatic carboxylic acids is 1. The molecule has 1 N–H and O–H groups in total. The molecule has 2 rings (SSSR count). The van der Waals surface area contributed by atoms with Gasteiger partial charge in [-0.3, -0.25) is 9.69 Å². The molecule has 0 radical (unpaired) electrons. The summed E-state index contributed by atoms with van der Waals surface area (Å²) in [6.07, 6.45) is -0.740. The van der Waals surface area contributed by atoms with Gasteiger partial charge in [-0.25, -0.2) is 9.59 Å². The Hall–Kier alpha value is -2.08. The Morgan fingerprint density at radius 1 is 1.24 bits per heavy atom. The Labute approximate surface area is 151 Å². The number of carbonyl (C=O) groups is 3. The maximum Gasteiger partial charge on any atom is 0.411 e. The lowest BCUT2D eigenvalue weighted by Gasteiger charge is -2.29. The summed E-state index contributed by atoms with van der Waals surface area (Å²) in [5.41, 5.74) is -1.21. The Morgan fingerprint density at radius 3 is 2.24 bits per heavy atom. The fraction of sp³-hybridized carbons (Fsp3) is 0.500. The number of nitrogens with zero attached hydrogens (tertiary/aromatic N) is 1. The Kier molecular flexibility index (Phi) is 5.14. The van der Waals surface area contributed by atoms with Crippen LogP contribution in [-0.4, -0.2) is 46.0 Å². The number of ether oxygens (including phenoxy) is 1. The molecule has 2 atom stereocenters. The number of carbonyl (C=O) groups excluding carboxylic acids is 2. The monoisotopic (exact) mass is 367 g/mol. The second-order valence-corrected chi connectivity index (χ2v) is 7.75. The van der Waals surface area contributed by atoms with Crippen molar-refractivity contribution in [2.45, 2.75) is 51.2 Å². The van der Waals surface area contributed by atoms with E-state index in [0.717, 1.165) is 4.90 Å². The van der Waals surface area contributed by atoms with Crippen LogP contribution in [0.4, 0.5) is 4.79 Å². The van der Waals surface area contributed by atoms with E-state index >= 15 is 0 Å². The van der Waals surface area contributed by atoms with Crippen LogP contribution in [0, 0.1) is 0 Å². The average molecular weight is 368 g/mol. The van der Waals surface area contributed by atoms with E-state index in [1.165, 1.54) is 6.92 Å². The number of hydrogen-bond donors (Lipinski definition) is 1. The van der Waals surface area contributed by atoms with Crippen molar-refractivity contribution in [1.29, 1.82) is 0 Å². The van der Waals surface area contributed by atoms with Crippen LogP contribution in [0.2, 0.25) is 5.02 Å². The summed E-state index contributed by atoms with van der Waals surface area (Å²) in [5.74, 6) is -1.37. The highest BCUT2D eigenvalue weighted by Gasteiger charge is 2.53. The van der Waals surface area contributed by atoms with E-state index in [9.17, 15) is 19.5 Å². The number of carboxylic acid groups (broad SMARTS) is 1. The number of carboxylic acids is 1. The maximum atomic E-state index is 12.5. The van der Waals surface area contributed by atoms with Crippen LogP contribution in [-0.2, 0) is 19.7 Å². The largest absolute Gasteiger partial charge is 0.480 e. The first-order chi connectivity index (χ1) is 11.5. The van der Waals surface area contributed by atoms with E-state index in [2.05, 4.69) is 0 Å². The Balaban J connectivity index is 2.44. The van der Waals surface area contributed by atoms with Crippen LogP contribution in [0.5, 0.6) is 0 Å². The van der Waals surface area contributed by atoms with Crippen LogP contribution < -0.4 is 0 Å². The van der Waals surface area contributed by atoms with Crippen LogP contribution in [0.3, 0.4) is 0 Å². The van der Waals surface area contributed by atoms with Gasteiger partial charge in [0.15, 0.2) is 0 Å². The molecule has 0 spiro atoms. The van der Waals surface area contributed by atoms with E-state index in [4.69, 9.17) is 16.3 Å². The fourth-order valence-corrected chi connectivity index (χ4v) is 3.20. The molecular formula is C18H22ClNO5. The molecular weight excluding hydrogens is 346 g/mol. The van der Waals surface area contributed by atoms with Gasteiger partial charge in [-0.15, -0.1) is 0 Å². The molecule has 0 bridgehead atoms. The standard InChI is InChI=1S/C18H22ClNO5/c1-11(21)18(12-5-7-13(19)8-6-12)9-14(15(22)23)20(10-18)16(24)25-17(2,3)4/h5-8,14H,9-10H2,1-4H3,(H,22,23)/t14-,18+/m0/s1. The summed E-state index contributed by atoms with van der Waals surface area (Å²) >= 11 is 5.91. The first-order valence-corrected chi connectivity index (χ1v) is 8.33. The van der Waals surface area contributed by atoms with Crippen LogP contribution in [0.25, 0.3) is 0 Å². The van der Waals surface area contributed by atoms with Crippen molar-refractivity contribution in [2.24, 2.45) is 0 Å². The number of halogens is 1. The number of Topliss-reactive ketones (excluding diaryl/α,β-unsaturated/α-hetero) is 1. The van der Waals surface area contributed by atoms with Gasteiger partial charge in [0.2, 0.25) is 0 Å². The summed E-state index contributed by atoms with van der Waals surface area (Å²) in [4.78, 5) is 37.8. The fourth-order valence-electron chi connectivity index (χ4n) is 3.08. The van der Waals surface area contributed by atoms with Gasteiger partial charge in [0.05, 0.1) is 5.41 Å². The molecule has 6 nitrogen and oxygen atoms in total. The van der Waals surface area contributed by atoms with Crippen molar-refractivity contribution in [1.82, 2.24) is 4.90 Å². The predicted octanol–water partition coefficient (Wildman–Crippen LogP) is 3.26. The zero-order valence-electron chi connectivity index (χ0n) is 14.7. The van der Waals surface area contributed by atoms with Gasteiger partial charge in [-0.2, -0.15) is 0 Å². The molecule has 1 aliphatic heterocycles. The molecule has 0 saturated carbocycles. The van der Waals surface area contributed by atoms with Gasteiger partial charge in [-0.05, 0) is 51.8 Å². The van der Waals surface area contributed by atoms with Crippen molar-refractivity contribution in [3.63, 3.8) is 0 Å². The van der Waals surface area contributed by atoms with Crippen molar-refractivity contribution in [3.8, 4) is 0 Å². The number of ketones is 1. The number of amides is 1. The smallest absolute Gasteiger partial charge is 0.411 e. The van der Waals surface area contributed by atoms with Crippen molar-refractivity contribution >= 4 is 29.4 Å². The Morgan fingerprint density at radius 2 is 1.80 bits per heavy atom. The van der Waals surface area contributed by atoms with Gasteiger partial charge in [-0.1, -0.05) is 23.7 Å². The lowest BCUT2D eigenvalue weighted by atomic mass is 9.75. The summed E-state index contributed by atoms with van der Waals surface area (Å²) < 4.78 is 5.32. The first-order valence-electron chi connectivity index (χ1n) is 7.96. The summed E-state index contributed by atoms with van der Waals surface area (Å²) in [6.45, 7) is 6.47. The zero-order chi connectivity index (χ0) is 19.0. The summed E-state index contributed by atoms with van der Waals surface area (Å²) in [6, 6.07) is 5.55. The van der Waals surface area contributed by atoms with Crippen LogP contribution >= 0.6 is 11.6 Å². The molecule has 1 heterocycles. The molecule has 136 valence electrons. The number of benzene rings is 1. The molecule has 0 aliphatic carbocycles. The zero-order valence-corrected chi connectivity index (χ0v) is 15.5. The van der Waals surface area contributed by atoms with Gasteiger partial charge in [0.1, 0.15) is 17.4 Å².